The lowest BCUT2D eigenvalue weighted by Crippen LogP contribution is -2.37. The van der Waals surface area contributed by atoms with Gasteiger partial charge in [0.05, 0.1) is 17.1 Å². The monoisotopic (exact) mass is 551 g/mol. The van der Waals surface area contributed by atoms with Gasteiger partial charge in [0.2, 0.25) is 16.8 Å². The minimum Gasteiger partial charge on any atom is -0.439 e. The summed E-state index contributed by atoms with van der Waals surface area (Å²) in [5.74, 6) is 2.38. The summed E-state index contributed by atoms with van der Waals surface area (Å²) in [4.78, 5) is 2.16. The third kappa shape index (κ3) is 4.83. The SMILES string of the molecule is CCC(S)N1C(=CC=CC=Cc2oc3cc4ccccc4cc3[n+]2C(S)CC)Oc2cc3ccccc3cc21. The Kier molecular flexibility index (Phi) is 7.15. The molecule has 5 aromatic rings. The van der Waals surface area contributed by atoms with Crippen LogP contribution >= 0.6 is 25.3 Å². The molecule has 1 aliphatic heterocycles. The van der Waals surface area contributed by atoms with Crippen LogP contribution in [0.5, 0.6) is 5.75 Å². The molecular formula is C33H31N2O2S2+. The Labute approximate surface area is 239 Å². The van der Waals surface area contributed by atoms with Crippen molar-refractivity contribution in [3.8, 4) is 5.75 Å². The quantitative estimate of drug-likeness (QED) is 0.120. The average molecular weight is 552 g/mol. The van der Waals surface area contributed by atoms with Crippen LogP contribution in [0.15, 0.2) is 107 Å². The molecule has 1 aromatic heterocycles. The Morgan fingerprint density at radius 1 is 0.821 bits per heavy atom. The molecule has 0 saturated carbocycles. The van der Waals surface area contributed by atoms with Crippen LogP contribution in [0, 0.1) is 0 Å². The zero-order chi connectivity index (χ0) is 26.9. The third-order valence-corrected chi connectivity index (χ3v) is 8.30. The number of allylic oxidation sites excluding steroid dienone is 4. The molecule has 0 bridgehead atoms. The number of oxazole rings is 1. The molecule has 39 heavy (non-hydrogen) atoms. The van der Waals surface area contributed by atoms with E-state index in [1.807, 2.05) is 42.5 Å². The fourth-order valence-electron chi connectivity index (χ4n) is 5.06. The van der Waals surface area contributed by atoms with E-state index in [1.54, 1.807) is 0 Å². The first-order chi connectivity index (χ1) is 19.1. The molecule has 2 heterocycles. The second-order valence-corrected chi connectivity index (χ2v) is 10.8. The molecule has 0 spiro atoms. The van der Waals surface area contributed by atoms with Crippen molar-refractivity contribution in [2.45, 2.75) is 37.4 Å². The number of anilines is 1. The maximum Gasteiger partial charge on any atom is 0.375 e. The van der Waals surface area contributed by atoms with Gasteiger partial charge in [-0.2, -0.15) is 12.6 Å². The van der Waals surface area contributed by atoms with Gasteiger partial charge in [0.15, 0.2) is 5.75 Å². The van der Waals surface area contributed by atoms with Gasteiger partial charge >= 0.3 is 5.89 Å². The molecule has 6 rings (SSSR count). The summed E-state index contributed by atoms with van der Waals surface area (Å²) in [7, 11) is 0. The van der Waals surface area contributed by atoms with E-state index in [1.165, 1.54) is 10.8 Å². The summed E-state index contributed by atoms with van der Waals surface area (Å²) in [5.41, 5.74) is 2.94. The van der Waals surface area contributed by atoms with Crippen LogP contribution in [0.25, 0.3) is 38.7 Å². The Hall–Kier alpha value is -3.61. The predicted molar refractivity (Wildman–Crippen MR) is 169 cm³/mol. The highest BCUT2D eigenvalue weighted by Gasteiger charge is 2.30. The summed E-state index contributed by atoms with van der Waals surface area (Å²) >= 11 is 9.69. The fourth-order valence-corrected chi connectivity index (χ4v) is 5.54. The molecule has 2 unspecified atom stereocenters. The molecule has 0 fully saturated rings. The lowest BCUT2D eigenvalue weighted by Gasteiger charge is -2.24. The third-order valence-electron chi connectivity index (χ3n) is 7.10. The van der Waals surface area contributed by atoms with Crippen LogP contribution in [-0.2, 0) is 0 Å². The molecule has 0 N–H and O–H groups in total. The largest absolute Gasteiger partial charge is 0.439 e. The van der Waals surface area contributed by atoms with Crippen molar-refractivity contribution in [2.75, 3.05) is 4.90 Å². The van der Waals surface area contributed by atoms with Gasteiger partial charge in [-0.05, 0) is 52.2 Å². The number of hydrogen-bond donors (Lipinski definition) is 2. The highest BCUT2D eigenvalue weighted by atomic mass is 32.1. The normalized spacial score (nSPS) is 16.2. The van der Waals surface area contributed by atoms with E-state index < -0.39 is 0 Å². The number of aromatic nitrogens is 1. The van der Waals surface area contributed by atoms with E-state index in [-0.39, 0.29) is 10.7 Å². The molecule has 4 aromatic carbocycles. The molecular weight excluding hydrogens is 521 g/mol. The second-order valence-electron chi connectivity index (χ2n) is 9.64. The molecule has 0 amide bonds. The Morgan fingerprint density at radius 3 is 2.18 bits per heavy atom. The van der Waals surface area contributed by atoms with Crippen molar-refractivity contribution in [2.24, 2.45) is 0 Å². The lowest BCUT2D eigenvalue weighted by atomic mass is 10.1. The number of ether oxygens (including phenoxy) is 1. The van der Waals surface area contributed by atoms with Gasteiger partial charge in [-0.1, -0.05) is 80.6 Å². The molecule has 2 atom stereocenters. The van der Waals surface area contributed by atoms with E-state index in [0.29, 0.717) is 0 Å². The van der Waals surface area contributed by atoms with Crippen LogP contribution < -0.4 is 14.2 Å². The predicted octanol–water partition coefficient (Wildman–Crippen LogP) is 8.84. The Balaban J connectivity index is 1.30. The van der Waals surface area contributed by atoms with Gasteiger partial charge in [0.25, 0.3) is 5.52 Å². The van der Waals surface area contributed by atoms with Crippen molar-refractivity contribution in [1.82, 2.24) is 0 Å². The smallest absolute Gasteiger partial charge is 0.375 e. The Bertz CT molecular complexity index is 1770. The first kappa shape index (κ1) is 25.7. The number of hydrogen-bond acceptors (Lipinski definition) is 5. The molecule has 0 radical (unpaired) electrons. The maximum absolute atomic E-state index is 6.29. The van der Waals surface area contributed by atoms with E-state index in [0.717, 1.165) is 57.9 Å². The first-order valence-electron chi connectivity index (χ1n) is 13.3. The van der Waals surface area contributed by atoms with Crippen molar-refractivity contribution >= 4 is 69.7 Å². The van der Waals surface area contributed by atoms with Gasteiger partial charge in [-0.15, -0.1) is 17.2 Å². The van der Waals surface area contributed by atoms with Crippen LogP contribution in [0.3, 0.4) is 0 Å². The van der Waals surface area contributed by atoms with Gasteiger partial charge in [-0.3, -0.25) is 4.90 Å². The lowest BCUT2D eigenvalue weighted by molar-refractivity contribution is -0.680. The highest BCUT2D eigenvalue weighted by molar-refractivity contribution is 7.81. The van der Waals surface area contributed by atoms with Crippen LogP contribution in [-0.4, -0.2) is 5.37 Å². The maximum atomic E-state index is 6.29. The number of fused-ring (bicyclic) bond motifs is 4. The zero-order valence-corrected chi connectivity index (χ0v) is 23.8. The topological polar surface area (TPSA) is 29.5 Å². The molecule has 0 aliphatic carbocycles. The van der Waals surface area contributed by atoms with Crippen LogP contribution in [0.1, 0.15) is 38.0 Å². The number of thiol groups is 2. The van der Waals surface area contributed by atoms with Gasteiger partial charge in [-0.25, -0.2) is 0 Å². The number of nitrogens with zero attached hydrogens (tertiary/aromatic N) is 2. The highest BCUT2D eigenvalue weighted by Crippen LogP contribution is 2.44. The minimum absolute atomic E-state index is 0.00832. The molecule has 4 nitrogen and oxygen atoms in total. The van der Waals surface area contributed by atoms with Crippen molar-refractivity contribution < 1.29 is 13.7 Å². The van der Waals surface area contributed by atoms with Crippen LogP contribution in [0.4, 0.5) is 5.69 Å². The zero-order valence-electron chi connectivity index (χ0n) is 22.0. The number of benzene rings is 4. The Morgan fingerprint density at radius 2 is 1.49 bits per heavy atom. The van der Waals surface area contributed by atoms with Crippen molar-refractivity contribution in [1.29, 1.82) is 0 Å². The van der Waals surface area contributed by atoms with Gasteiger partial charge in [0, 0.05) is 12.5 Å². The first-order valence-corrected chi connectivity index (χ1v) is 14.4. The van der Waals surface area contributed by atoms with Crippen LogP contribution in [0.2, 0.25) is 0 Å². The fraction of sp³-hybridized carbons (Fsp3) is 0.182. The summed E-state index contributed by atoms with van der Waals surface area (Å²) in [5, 5.41) is 4.70. The summed E-state index contributed by atoms with van der Waals surface area (Å²) < 4.78 is 14.7. The molecule has 196 valence electrons. The summed E-state index contributed by atoms with van der Waals surface area (Å²) in [6.07, 6.45) is 11.7. The molecule has 0 saturated heterocycles. The van der Waals surface area contributed by atoms with E-state index in [9.17, 15) is 0 Å². The summed E-state index contributed by atoms with van der Waals surface area (Å²) in [6, 6.07) is 25.2. The standard InChI is InChI=1S/C33H30N2O2S2/c1-3-32(38)34-26-18-22-12-8-10-14-24(22)20-28(26)36-30(34)16-6-5-7-17-31-35(33(39)4-2)27-19-23-13-9-11-15-25(23)21-29(27)37-31/h5-21,32-33H,3-4H2,1-2H3,(H-,38,39)/p+1. The van der Waals surface area contributed by atoms with E-state index in [2.05, 4.69) is 84.0 Å². The second kappa shape index (κ2) is 10.9. The van der Waals surface area contributed by atoms with E-state index in [4.69, 9.17) is 34.4 Å². The molecule has 1 aliphatic rings. The average Bonchev–Trinajstić information content (AvgIpc) is 3.50. The van der Waals surface area contributed by atoms with Crippen molar-refractivity contribution in [3.63, 3.8) is 0 Å². The minimum atomic E-state index is 0.00832. The summed E-state index contributed by atoms with van der Waals surface area (Å²) in [6.45, 7) is 4.26. The molecule has 6 heteroatoms. The van der Waals surface area contributed by atoms with Gasteiger partial charge in [0.1, 0.15) is 0 Å². The van der Waals surface area contributed by atoms with Gasteiger partial charge < -0.3 is 9.15 Å². The van der Waals surface area contributed by atoms with Crippen molar-refractivity contribution in [3.05, 3.63) is 109 Å². The van der Waals surface area contributed by atoms with E-state index >= 15 is 0 Å². The number of rotatable bonds is 7.